The minimum Gasteiger partial charge on any atom is -0.484 e. The number of methoxy groups -OCH3 is 1. The number of rotatable bonds is 16. The summed E-state index contributed by atoms with van der Waals surface area (Å²) in [6, 6.07) is 22.4. The summed E-state index contributed by atoms with van der Waals surface area (Å²) >= 11 is 0. The molecule has 2 atom stereocenters. The van der Waals surface area contributed by atoms with Gasteiger partial charge in [-0.05, 0) is 118 Å². The molecule has 2 amide bonds. The zero-order valence-electron chi connectivity index (χ0n) is 35.4. The van der Waals surface area contributed by atoms with E-state index in [4.69, 9.17) is 19.6 Å². The van der Waals surface area contributed by atoms with Crippen LogP contribution in [0.5, 0.6) is 5.75 Å². The standard InChI is InChI=1S/C47H61N7O5/c1-5-6-14-44(55)52-24-22-51(23-25-52)41-27-38(28-42(30-41)54-35(3)26-34(2)49-54)39(29-46(57)58-4)32-50-21-19-36(31-50)15-17-40-18-16-37-11-10-20-53(47(37)48-40)45(56)33-59-43-12-8-7-9-13-43/h7-9,12-13,16,18,26-28,30,36,39H,5-6,10-11,14-15,17,19-25,29,31-33H2,1-4H3. The Morgan fingerprint density at radius 3 is 2.44 bits per heavy atom. The Morgan fingerprint density at radius 1 is 0.898 bits per heavy atom. The van der Waals surface area contributed by atoms with Crippen molar-refractivity contribution >= 4 is 29.3 Å². The molecule has 7 rings (SSSR count). The van der Waals surface area contributed by atoms with Crippen LogP contribution in [0.15, 0.2) is 66.7 Å². The summed E-state index contributed by atoms with van der Waals surface area (Å²) in [6.45, 7) is 12.4. The zero-order valence-corrected chi connectivity index (χ0v) is 35.4. The van der Waals surface area contributed by atoms with Gasteiger partial charge in [-0.25, -0.2) is 9.67 Å². The number of unbranched alkanes of at least 4 members (excludes halogenated alkanes) is 1. The van der Waals surface area contributed by atoms with Crippen molar-refractivity contribution in [3.63, 3.8) is 0 Å². The van der Waals surface area contributed by atoms with E-state index < -0.39 is 0 Å². The Kier molecular flexibility index (Phi) is 14.0. The lowest BCUT2D eigenvalue weighted by atomic mass is 9.93. The molecule has 4 aromatic rings. The average molecular weight is 804 g/mol. The number of nitrogens with zero attached hydrogens (tertiary/aromatic N) is 7. The molecule has 2 unspecified atom stereocenters. The number of para-hydroxylation sites is 1. The molecule has 12 heteroatoms. The first kappa shape index (κ1) is 41.9. The predicted molar refractivity (Wildman–Crippen MR) is 230 cm³/mol. The number of carbonyl (C=O) groups excluding carboxylic acids is 3. The third kappa shape index (κ3) is 10.7. The first-order chi connectivity index (χ1) is 28.7. The molecule has 0 radical (unpaired) electrons. The van der Waals surface area contributed by atoms with Gasteiger partial charge in [0.15, 0.2) is 6.61 Å². The van der Waals surface area contributed by atoms with Gasteiger partial charge in [-0.1, -0.05) is 37.6 Å². The molecule has 0 spiro atoms. The highest BCUT2D eigenvalue weighted by Gasteiger charge is 2.30. The van der Waals surface area contributed by atoms with Crippen molar-refractivity contribution in [2.24, 2.45) is 5.92 Å². The minimum atomic E-state index is -0.222. The molecule has 0 bridgehead atoms. The van der Waals surface area contributed by atoms with Crippen molar-refractivity contribution < 1.29 is 23.9 Å². The highest BCUT2D eigenvalue weighted by atomic mass is 16.5. The van der Waals surface area contributed by atoms with Gasteiger partial charge in [0, 0.05) is 75.2 Å². The van der Waals surface area contributed by atoms with Gasteiger partial charge in [0.2, 0.25) is 5.91 Å². The molecule has 0 aliphatic carbocycles. The Hall–Kier alpha value is -5.23. The fourth-order valence-corrected chi connectivity index (χ4v) is 8.90. The van der Waals surface area contributed by atoms with Crippen molar-refractivity contribution in [1.82, 2.24) is 24.6 Å². The SMILES string of the molecule is CCCCC(=O)N1CCN(c2cc(C(CC(=O)OC)CN3CCC(CCc4ccc5c(n4)N(C(=O)COc4ccccc4)CCC5)C3)cc(-n3nc(C)cc3C)c2)CC1. The summed E-state index contributed by atoms with van der Waals surface area (Å²) in [7, 11) is 1.46. The number of esters is 1. The minimum absolute atomic E-state index is 0.0171. The van der Waals surface area contributed by atoms with Gasteiger partial charge in [-0.15, -0.1) is 0 Å². The lowest BCUT2D eigenvalue weighted by molar-refractivity contribution is -0.141. The first-order valence-electron chi connectivity index (χ1n) is 21.6. The van der Waals surface area contributed by atoms with Crippen molar-refractivity contribution in [1.29, 1.82) is 0 Å². The molecule has 2 aromatic heterocycles. The van der Waals surface area contributed by atoms with E-state index in [1.807, 2.05) is 46.8 Å². The molecule has 2 saturated heterocycles. The zero-order chi connectivity index (χ0) is 41.3. The van der Waals surface area contributed by atoms with E-state index >= 15 is 0 Å². The molecule has 0 N–H and O–H groups in total. The van der Waals surface area contributed by atoms with Crippen LogP contribution < -0.4 is 14.5 Å². The molecular formula is C47H61N7O5. The molecule has 12 nitrogen and oxygen atoms in total. The van der Waals surface area contributed by atoms with Crippen LogP contribution in [0.1, 0.15) is 86.0 Å². The Bertz CT molecular complexity index is 2060. The molecule has 314 valence electrons. The fourth-order valence-electron chi connectivity index (χ4n) is 8.90. The van der Waals surface area contributed by atoms with E-state index in [2.05, 4.69) is 60.0 Å². The summed E-state index contributed by atoms with van der Waals surface area (Å²) in [5, 5.41) is 4.84. The van der Waals surface area contributed by atoms with Gasteiger partial charge in [-0.2, -0.15) is 5.10 Å². The topological polar surface area (TPSA) is 113 Å². The maximum absolute atomic E-state index is 13.3. The molecule has 3 aliphatic heterocycles. The van der Waals surface area contributed by atoms with Crippen molar-refractivity contribution in [2.45, 2.75) is 84.5 Å². The second-order valence-corrected chi connectivity index (χ2v) is 16.6. The number of aromatic nitrogens is 3. The third-order valence-electron chi connectivity index (χ3n) is 12.2. The number of pyridine rings is 1. The van der Waals surface area contributed by atoms with Gasteiger partial charge in [-0.3, -0.25) is 19.3 Å². The van der Waals surface area contributed by atoms with Crippen LogP contribution in [-0.2, 0) is 32.0 Å². The summed E-state index contributed by atoms with van der Waals surface area (Å²) < 4.78 is 13.0. The van der Waals surface area contributed by atoms with E-state index in [9.17, 15) is 14.4 Å². The second kappa shape index (κ2) is 19.7. The lowest BCUT2D eigenvalue weighted by Gasteiger charge is -2.37. The van der Waals surface area contributed by atoms with Crippen LogP contribution in [0.25, 0.3) is 5.69 Å². The number of hydrogen-bond acceptors (Lipinski definition) is 9. The van der Waals surface area contributed by atoms with Crippen LogP contribution in [0, 0.1) is 19.8 Å². The number of amides is 2. The van der Waals surface area contributed by atoms with E-state index in [1.54, 1.807) is 4.90 Å². The maximum atomic E-state index is 13.3. The van der Waals surface area contributed by atoms with E-state index in [1.165, 1.54) is 7.11 Å². The number of ether oxygens (including phenoxy) is 2. The number of fused-ring (bicyclic) bond motifs is 1. The third-order valence-corrected chi connectivity index (χ3v) is 12.2. The molecule has 3 aliphatic rings. The fraction of sp³-hybridized carbons (Fsp3) is 0.511. The predicted octanol–water partition coefficient (Wildman–Crippen LogP) is 6.68. The molecule has 2 fully saturated rings. The van der Waals surface area contributed by atoms with Crippen molar-refractivity contribution in [3.05, 3.63) is 94.9 Å². The average Bonchev–Trinajstić information content (AvgIpc) is 3.87. The van der Waals surface area contributed by atoms with E-state index in [-0.39, 0.29) is 36.7 Å². The number of likely N-dealkylation sites (tertiary alicyclic amines) is 1. The first-order valence-corrected chi connectivity index (χ1v) is 21.6. The number of piperazine rings is 1. The van der Waals surface area contributed by atoms with Crippen LogP contribution in [-0.4, -0.2) is 108 Å². The van der Waals surface area contributed by atoms with E-state index in [0.29, 0.717) is 37.7 Å². The van der Waals surface area contributed by atoms with Gasteiger partial charge < -0.3 is 24.2 Å². The monoisotopic (exact) mass is 803 g/mol. The van der Waals surface area contributed by atoms with Gasteiger partial charge >= 0.3 is 5.97 Å². The van der Waals surface area contributed by atoms with Crippen LogP contribution in [0.2, 0.25) is 0 Å². The highest BCUT2D eigenvalue weighted by Crippen LogP contribution is 2.33. The Morgan fingerprint density at radius 2 is 1.69 bits per heavy atom. The molecular weight excluding hydrogens is 743 g/mol. The molecule has 0 saturated carbocycles. The molecule has 2 aromatic carbocycles. The summed E-state index contributed by atoms with van der Waals surface area (Å²) in [5.74, 6) is 1.83. The van der Waals surface area contributed by atoms with Crippen molar-refractivity contribution in [2.75, 3.05) is 75.9 Å². The van der Waals surface area contributed by atoms with Crippen molar-refractivity contribution in [3.8, 4) is 11.4 Å². The van der Waals surface area contributed by atoms with Gasteiger partial charge in [0.05, 0.1) is 24.9 Å². The largest absolute Gasteiger partial charge is 0.484 e. The second-order valence-electron chi connectivity index (χ2n) is 16.6. The number of anilines is 2. The van der Waals surface area contributed by atoms with Gasteiger partial charge in [0.1, 0.15) is 11.6 Å². The normalized spacial score (nSPS) is 17.5. The summed E-state index contributed by atoms with van der Waals surface area (Å²) in [4.78, 5) is 52.8. The Balaban J connectivity index is 1.02. The lowest BCUT2D eigenvalue weighted by Crippen LogP contribution is -2.48. The van der Waals surface area contributed by atoms with E-state index in [0.717, 1.165) is 123 Å². The summed E-state index contributed by atoms with van der Waals surface area (Å²) in [6.07, 6.45) is 7.57. The van der Waals surface area contributed by atoms with Crippen LogP contribution >= 0.6 is 0 Å². The maximum Gasteiger partial charge on any atom is 0.306 e. The molecule has 5 heterocycles. The smallest absolute Gasteiger partial charge is 0.306 e. The molecule has 59 heavy (non-hydrogen) atoms. The number of aryl methyl sites for hydroxylation is 4. The number of hydrogen-bond donors (Lipinski definition) is 0. The quantitative estimate of drug-likeness (QED) is 0.115. The number of benzene rings is 2. The van der Waals surface area contributed by atoms with Crippen LogP contribution in [0.3, 0.4) is 0 Å². The van der Waals surface area contributed by atoms with Gasteiger partial charge in [0.25, 0.3) is 5.91 Å². The Labute approximate surface area is 349 Å². The number of carbonyl (C=O) groups is 3. The summed E-state index contributed by atoms with van der Waals surface area (Å²) in [5.41, 5.74) is 7.27. The highest BCUT2D eigenvalue weighted by molar-refractivity contribution is 5.94. The van der Waals surface area contributed by atoms with Crippen LogP contribution in [0.4, 0.5) is 11.5 Å².